The van der Waals surface area contributed by atoms with Crippen LogP contribution in [0.15, 0.2) is 36.1 Å². The van der Waals surface area contributed by atoms with Gasteiger partial charge in [0.15, 0.2) is 0 Å². The van der Waals surface area contributed by atoms with Crippen LogP contribution in [0.3, 0.4) is 0 Å². The highest BCUT2D eigenvalue weighted by molar-refractivity contribution is 7.87. The number of rotatable bonds is 2. The third-order valence-corrected chi connectivity index (χ3v) is 2.46. The molecule has 0 aliphatic heterocycles. The molecular formula is C8H7F3O3S. The minimum absolute atomic E-state index is 0.00229. The van der Waals surface area contributed by atoms with E-state index in [1.807, 2.05) is 0 Å². The van der Waals surface area contributed by atoms with E-state index in [0.717, 1.165) is 0 Å². The number of hydrogen-bond donors (Lipinski definition) is 0. The maximum atomic E-state index is 11.9. The molecule has 1 aliphatic carbocycles. The molecule has 0 N–H and O–H groups in total. The van der Waals surface area contributed by atoms with E-state index < -0.39 is 15.6 Å². The van der Waals surface area contributed by atoms with Crippen molar-refractivity contribution in [1.29, 1.82) is 0 Å². The van der Waals surface area contributed by atoms with Crippen molar-refractivity contribution >= 4 is 10.1 Å². The number of allylic oxidation sites excluding steroid dienone is 5. The van der Waals surface area contributed by atoms with Crippen molar-refractivity contribution in [2.45, 2.75) is 11.9 Å². The summed E-state index contributed by atoms with van der Waals surface area (Å²) in [5.41, 5.74) is -5.40. The van der Waals surface area contributed by atoms with Gasteiger partial charge < -0.3 is 4.18 Å². The van der Waals surface area contributed by atoms with Crippen molar-refractivity contribution in [2.24, 2.45) is 0 Å². The van der Waals surface area contributed by atoms with Crippen molar-refractivity contribution in [3.05, 3.63) is 36.1 Å². The zero-order valence-corrected chi connectivity index (χ0v) is 8.18. The summed E-state index contributed by atoms with van der Waals surface area (Å²) in [4.78, 5) is 0. The zero-order valence-electron chi connectivity index (χ0n) is 7.36. The minimum Gasteiger partial charge on any atom is -0.380 e. The first-order valence-corrected chi connectivity index (χ1v) is 5.27. The Balaban J connectivity index is 2.83. The van der Waals surface area contributed by atoms with Crippen molar-refractivity contribution in [3.63, 3.8) is 0 Å². The summed E-state index contributed by atoms with van der Waals surface area (Å²) in [5.74, 6) is -0.266. The van der Waals surface area contributed by atoms with E-state index in [4.69, 9.17) is 0 Å². The maximum absolute atomic E-state index is 11.9. The molecule has 1 aliphatic rings. The molecule has 0 spiro atoms. The molecule has 0 aromatic carbocycles. The molecule has 0 fully saturated rings. The Morgan fingerprint density at radius 1 is 1.20 bits per heavy atom. The summed E-state index contributed by atoms with van der Waals surface area (Å²) in [6, 6.07) is 0. The number of alkyl halides is 3. The second-order valence-electron chi connectivity index (χ2n) is 2.63. The van der Waals surface area contributed by atoms with Gasteiger partial charge in [0.1, 0.15) is 5.76 Å². The third kappa shape index (κ3) is 3.12. The van der Waals surface area contributed by atoms with Crippen LogP contribution in [0.4, 0.5) is 13.2 Å². The molecule has 0 aromatic heterocycles. The highest BCUT2D eigenvalue weighted by atomic mass is 32.2. The Labute approximate surface area is 84.7 Å². The lowest BCUT2D eigenvalue weighted by Crippen LogP contribution is -2.25. The lowest BCUT2D eigenvalue weighted by molar-refractivity contribution is -0.0522. The molecule has 0 bridgehead atoms. The van der Waals surface area contributed by atoms with Crippen LogP contribution in [0.25, 0.3) is 0 Å². The zero-order chi connectivity index (χ0) is 11.5. The van der Waals surface area contributed by atoms with Gasteiger partial charge in [-0.2, -0.15) is 21.6 Å². The van der Waals surface area contributed by atoms with Crippen molar-refractivity contribution in [2.75, 3.05) is 0 Å². The van der Waals surface area contributed by atoms with E-state index in [-0.39, 0.29) is 12.2 Å². The van der Waals surface area contributed by atoms with E-state index in [0.29, 0.717) is 0 Å². The SMILES string of the molecule is O=S(=O)(OC1=CC=CC=CC1)C(F)(F)F. The van der Waals surface area contributed by atoms with Crippen molar-refractivity contribution in [1.82, 2.24) is 0 Å². The summed E-state index contributed by atoms with van der Waals surface area (Å²) in [5, 5.41) is 0. The molecule has 0 unspecified atom stereocenters. The monoisotopic (exact) mass is 240 g/mol. The fourth-order valence-electron chi connectivity index (χ4n) is 0.808. The van der Waals surface area contributed by atoms with Gasteiger partial charge in [-0.1, -0.05) is 24.3 Å². The molecule has 0 amide bonds. The molecular weight excluding hydrogens is 233 g/mol. The smallest absolute Gasteiger partial charge is 0.380 e. The van der Waals surface area contributed by atoms with Gasteiger partial charge in [-0.15, -0.1) is 0 Å². The van der Waals surface area contributed by atoms with E-state index in [1.54, 1.807) is 12.2 Å². The number of halogens is 3. The minimum atomic E-state index is -5.55. The molecule has 7 heteroatoms. The molecule has 0 radical (unpaired) electrons. The van der Waals surface area contributed by atoms with Gasteiger partial charge >= 0.3 is 15.6 Å². The Bertz CT molecular complexity index is 415. The van der Waals surface area contributed by atoms with Crippen LogP contribution in [0.1, 0.15) is 6.42 Å². The summed E-state index contributed by atoms with van der Waals surface area (Å²) in [6.45, 7) is 0. The average molecular weight is 240 g/mol. The third-order valence-electron chi connectivity index (χ3n) is 1.46. The highest BCUT2D eigenvalue weighted by Crippen LogP contribution is 2.27. The topological polar surface area (TPSA) is 43.4 Å². The molecule has 1 rings (SSSR count). The quantitative estimate of drug-likeness (QED) is 0.549. The van der Waals surface area contributed by atoms with Gasteiger partial charge in [-0.05, 0) is 6.08 Å². The molecule has 15 heavy (non-hydrogen) atoms. The molecule has 0 saturated heterocycles. The first kappa shape index (κ1) is 11.8. The lowest BCUT2D eigenvalue weighted by atomic mass is 10.3. The fourth-order valence-corrected chi connectivity index (χ4v) is 1.31. The standard InChI is InChI=1S/C8H7F3O3S/c9-8(10,11)15(12,13)14-7-5-3-1-2-4-6-7/h1-5H,6H2. The summed E-state index contributed by atoms with van der Waals surface area (Å²) < 4.78 is 60.9. The maximum Gasteiger partial charge on any atom is 0.534 e. The molecule has 0 aromatic rings. The average Bonchev–Trinajstić information content (AvgIpc) is 2.30. The van der Waals surface area contributed by atoms with Crippen LogP contribution >= 0.6 is 0 Å². The van der Waals surface area contributed by atoms with Gasteiger partial charge in [0.25, 0.3) is 0 Å². The molecule has 84 valence electrons. The lowest BCUT2D eigenvalue weighted by Gasteiger charge is -2.10. The Kier molecular flexibility index (Phi) is 3.23. The molecule has 0 heterocycles. The fraction of sp³-hybridized carbons (Fsp3) is 0.250. The molecule has 0 atom stereocenters. The predicted molar refractivity (Wildman–Crippen MR) is 47.0 cm³/mol. The van der Waals surface area contributed by atoms with Crippen LogP contribution in [0, 0.1) is 0 Å². The van der Waals surface area contributed by atoms with Crippen molar-refractivity contribution in [3.8, 4) is 0 Å². The second-order valence-corrected chi connectivity index (χ2v) is 4.17. The molecule has 3 nitrogen and oxygen atoms in total. The van der Waals surface area contributed by atoms with Crippen LogP contribution in [0.2, 0.25) is 0 Å². The van der Waals surface area contributed by atoms with E-state index in [9.17, 15) is 21.6 Å². The van der Waals surface area contributed by atoms with E-state index in [2.05, 4.69) is 4.18 Å². The van der Waals surface area contributed by atoms with Gasteiger partial charge in [-0.25, -0.2) is 0 Å². The van der Waals surface area contributed by atoms with Crippen LogP contribution in [-0.2, 0) is 14.3 Å². The Morgan fingerprint density at radius 3 is 2.47 bits per heavy atom. The second kappa shape index (κ2) is 4.09. The summed E-state index contributed by atoms with van der Waals surface area (Å²) in [6.07, 6.45) is 7.18. The van der Waals surface area contributed by atoms with Gasteiger partial charge in [0, 0.05) is 6.42 Å². The molecule has 0 saturated carbocycles. The van der Waals surface area contributed by atoms with Crippen LogP contribution < -0.4 is 0 Å². The largest absolute Gasteiger partial charge is 0.534 e. The first-order chi connectivity index (χ1) is 6.83. The summed E-state index contributed by atoms with van der Waals surface area (Å²) in [7, 11) is -5.55. The summed E-state index contributed by atoms with van der Waals surface area (Å²) >= 11 is 0. The Morgan fingerprint density at radius 2 is 1.87 bits per heavy atom. The Hall–Kier alpha value is -1.24. The van der Waals surface area contributed by atoms with Crippen molar-refractivity contribution < 1.29 is 25.8 Å². The predicted octanol–water partition coefficient (Wildman–Crippen LogP) is 2.25. The van der Waals surface area contributed by atoms with Crippen LogP contribution in [-0.4, -0.2) is 13.9 Å². The van der Waals surface area contributed by atoms with E-state index in [1.165, 1.54) is 18.2 Å². The van der Waals surface area contributed by atoms with Gasteiger partial charge in [-0.3, -0.25) is 0 Å². The number of hydrogen-bond acceptors (Lipinski definition) is 3. The van der Waals surface area contributed by atoms with E-state index >= 15 is 0 Å². The normalized spacial score (nSPS) is 17.1. The van der Waals surface area contributed by atoms with Gasteiger partial charge in [0.2, 0.25) is 0 Å². The highest BCUT2D eigenvalue weighted by Gasteiger charge is 2.48. The first-order valence-electron chi connectivity index (χ1n) is 3.86. The van der Waals surface area contributed by atoms with Gasteiger partial charge in [0.05, 0.1) is 0 Å². The van der Waals surface area contributed by atoms with Crippen LogP contribution in [0.5, 0.6) is 0 Å².